The molecule has 5 heteroatoms. The number of hydrogen-bond acceptors (Lipinski definition) is 2. The molecule has 0 unspecified atom stereocenters. The van der Waals surface area contributed by atoms with E-state index in [4.69, 9.17) is 0 Å². The number of carbonyl (C=O) groups excluding carboxylic acids is 1. The minimum atomic E-state index is -2.95. The lowest BCUT2D eigenvalue weighted by Gasteiger charge is -1.94. The van der Waals surface area contributed by atoms with Gasteiger partial charge in [0.25, 0.3) is 0 Å². The van der Waals surface area contributed by atoms with Crippen molar-refractivity contribution in [2.45, 2.75) is 26.8 Å². The summed E-state index contributed by atoms with van der Waals surface area (Å²) in [7, 11) is 0. The van der Waals surface area contributed by atoms with E-state index in [1.165, 1.54) is 10.9 Å². The van der Waals surface area contributed by atoms with Gasteiger partial charge in [0.2, 0.25) is 5.78 Å². The summed E-state index contributed by atoms with van der Waals surface area (Å²) in [6, 6.07) is 0. The first-order chi connectivity index (χ1) is 6.06. The lowest BCUT2D eigenvalue weighted by Crippen LogP contribution is -2.10. The molecule has 0 radical (unpaired) electrons. The maximum absolute atomic E-state index is 12.0. The molecular formula is C8H10F2N2O. The number of aryl methyl sites for hydroxylation is 2. The van der Waals surface area contributed by atoms with Crippen LogP contribution in [0.25, 0.3) is 0 Å². The van der Waals surface area contributed by atoms with Crippen LogP contribution in [0.3, 0.4) is 0 Å². The van der Waals surface area contributed by atoms with Crippen LogP contribution in [0.4, 0.5) is 8.78 Å². The third kappa shape index (κ3) is 1.91. The normalized spacial score (nSPS) is 10.8. The standard InChI is InChI=1S/C8H10F2N2O/c1-3-12-4-6(5(2)11-12)7(13)8(9)10/h4,8H,3H2,1-2H3. The number of Topliss-reactive ketones (excluding diaryl/α,β-unsaturated/α-hetero) is 1. The Labute approximate surface area is 74.4 Å². The van der Waals surface area contributed by atoms with E-state index >= 15 is 0 Å². The van der Waals surface area contributed by atoms with Crippen molar-refractivity contribution in [3.63, 3.8) is 0 Å². The number of aromatic nitrogens is 2. The third-order valence-electron chi connectivity index (χ3n) is 1.73. The summed E-state index contributed by atoms with van der Waals surface area (Å²) < 4.78 is 25.5. The van der Waals surface area contributed by atoms with Crippen LogP contribution in [0, 0.1) is 6.92 Å². The number of hydrogen-bond donors (Lipinski definition) is 0. The minimum absolute atomic E-state index is 0.0110. The summed E-state index contributed by atoms with van der Waals surface area (Å²) in [5.41, 5.74) is 0.365. The average Bonchev–Trinajstić information content (AvgIpc) is 2.45. The molecule has 0 fully saturated rings. The average molecular weight is 188 g/mol. The van der Waals surface area contributed by atoms with Crippen LogP contribution in [-0.2, 0) is 6.54 Å². The summed E-state index contributed by atoms with van der Waals surface area (Å²) in [6.45, 7) is 3.93. The summed E-state index contributed by atoms with van der Waals surface area (Å²) in [6.07, 6.45) is -1.60. The van der Waals surface area contributed by atoms with E-state index < -0.39 is 12.2 Å². The second-order valence-electron chi connectivity index (χ2n) is 2.65. The molecule has 0 aliphatic rings. The second kappa shape index (κ2) is 3.64. The van der Waals surface area contributed by atoms with Crippen molar-refractivity contribution < 1.29 is 13.6 Å². The quantitative estimate of drug-likeness (QED) is 0.676. The van der Waals surface area contributed by atoms with Crippen LogP contribution in [0.2, 0.25) is 0 Å². The maximum atomic E-state index is 12.0. The molecule has 1 rings (SSSR count). The maximum Gasteiger partial charge on any atom is 0.300 e. The van der Waals surface area contributed by atoms with Gasteiger partial charge in [0.15, 0.2) is 0 Å². The van der Waals surface area contributed by atoms with Gasteiger partial charge >= 0.3 is 6.43 Å². The largest absolute Gasteiger partial charge is 0.300 e. The Balaban J connectivity index is 3.00. The Hall–Kier alpha value is -1.26. The van der Waals surface area contributed by atoms with E-state index in [1.54, 1.807) is 6.92 Å². The van der Waals surface area contributed by atoms with Gasteiger partial charge in [0.05, 0.1) is 11.3 Å². The van der Waals surface area contributed by atoms with Gasteiger partial charge in [-0.3, -0.25) is 9.48 Å². The number of carbonyl (C=O) groups is 1. The molecule has 0 amide bonds. The van der Waals surface area contributed by atoms with Crippen LogP contribution in [0.5, 0.6) is 0 Å². The fraction of sp³-hybridized carbons (Fsp3) is 0.500. The second-order valence-corrected chi connectivity index (χ2v) is 2.65. The molecule has 0 spiro atoms. The van der Waals surface area contributed by atoms with Crippen LogP contribution < -0.4 is 0 Å². The zero-order chi connectivity index (χ0) is 10.0. The highest BCUT2D eigenvalue weighted by atomic mass is 19.3. The first-order valence-electron chi connectivity index (χ1n) is 3.92. The van der Waals surface area contributed by atoms with Gasteiger partial charge in [-0.15, -0.1) is 0 Å². The molecule has 0 atom stereocenters. The fourth-order valence-electron chi connectivity index (χ4n) is 1.04. The van der Waals surface area contributed by atoms with Crippen LogP contribution in [-0.4, -0.2) is 22.0 Å². The van der Waals surface area contributed by atoms with E-state index in [1.807, 2.05) is 6.92 Å². The smallest absolute Gasteiger partial charge is 0.288 e. The summed E-state index contributed by atoms with van der Waals surface area (Å²) >= 11 is 0. The predicted octanol–water partition coefficient (Wildman–Crippen LogP) is 1.66. The Morgan fingerprint density at radius 1 is 1.69 bits per heavy atom. The van der Waals surface area contributed by atoms with Crippen molar-refractivity contribution in [2.75, 3.05) is 0 Å². The summed E-state index contributed by atoms with van der Waals surface area (Å²) in [5, 5.41) is 3.90. The molecule has 0 aromatic carbocycles. The van der Waals surface area contributed by atoms with Crippen molar-refractivity contribution in [1.82, 2.24) is 9.78 Å². The fourth-order valence-corrected chi connectivity index (χ4v) is 1.04. The molecule has 0 aliphatic heterocycles. The third-order valence-corrected chi connectivity index (χ3v) is 1.73. The zero-order valence-electron chi connectivity index (χ0n) is 7.42. The van der Waals surface area contributed by atoms with Crippen LogP contribution >= 0.6 is 0 Å². The van der Waals surface area contributed by atoms with Gasteiger partial charge in [-0.25, -0.2) is 8.78 Å². The highest BCUT2D eigenvalue weighted by molar-refractivity contribution is 5.99. The number of halogens is 2. The molecule has 0 saturated heterocycles. The zero-order valence-corrected chi connectivity index (χ0v) is 7.42. The number of nitrogens with zero attached hydrogens (tertiary/aromatic N) is 2. The Morgan fingerprint density at radius 3 is 2.69 bits per heavy atom. The monoisotopic (exact) mass is 188 g/mol. The molecule has 3 nitrogen and oxygen atoms in total. The molecular weight excluding hydrogens is 178 g/mol. The lowest BCUT2D eigenvalue weighted by molar-refractivity contribution is 0.0678. The first kappa shape index (κ1) is 9.83. The molecule has 72 valence electrons. The van der Waals surface area contributed by atoms with Crippen molar-refractivity contribution in [2.24, 2.45) is 0 Å². The van der Waals surface area contributed by atoms with E-state index in [9.17, 15) is 13.6 Å². The van der Waals surface area contributed by atoms with E-state index in [0.717, 1.165) is 0 Å². The van der Waals surface area contributed by atoms with Gasteiger partial charge in [0, 0.05) is 12.7 Å². The number of ketones is 1. The van der Waals surface area contributed by atoms with Gasteiger partial charge in [-0.05, 0) is 13.8 Å². The summed E-state index contributed by atoms with van der Waals surface area (Å²) in [5.74, 6) is -1.16. The van der Waals surface area contributed by atoms with Crippen LogP contribution in [0.1, 0.15) is 23.0 Å². The van der Waals surface area contributed by atoms with E-state index in [2.05, 4.69) is 5.10 Å². The molecule has 0 saturated carbocycles. The van der Waals surface area contributed by atoms with Crippen molar-refractivity contribution in [3.05, 3.63) is 17.5 Å². The molecule has 0 N–H and O–H groups in total. The Kier molecular flexibility index (Phi) is 2.75. The SMILES string of the molecule is CCn1cc(C(=O)C(F)F)c(C)n1. The van der Waals surface area contributed by atoms with Gasteiger partial charge < -0.3 is 0 Å². The van der Waals surface area contributed by atoms with Gasteiger partial charge in [0.1, 0.15) is 0 Å². The van der Waals surface area contributed by atoms with Crippen molar-refractivity contribution >= 4 is 5.78 Å². The van der Waals surface area contributed by atoms with E-state index in [-0.39, 0.29) is 5.56 Å². The van der Waals surface area contributed by atoms with E-state index in [0.29, 0.717) is 12.2 Å². The van der Waals surface area contributed by atoms with Crippen LogP contribution in [0.15, 0.2) is 6.20 Å². The number of alkyl halides is 2. The summed E-state index contributed by atoms with van der Waals surface area (Å²) in [4.78, 5) is 10.9. The molecule has 0 aliphatic carbocycles. The molecule has 1 heterocycles. The highest BCUT2D eigenvalue weighted by Crippen LogP contribution is 2.11. The molecule has 0 bridgehead atoms. The van der Waals surface area contributed by atoms with Crippen molar-refractivity contribution in [1.29, 1.82) is 0 Å². The van der Waals surface area contributed by atoms with Crippen molar-refractivity contribution in [3.8, 4) is 0 Å². The highest BCUT2D eigenvalue weighted by Gasteiger charge is 2.21. The first-order valence-corrected chi connectivity index (χ1v) is 3.92. The molecule has 13 heavy (non-hydrogen) atoms. The van der Waals surface area contributed by atoms with Gasteiger partial charge in [-0.2, -0.15) is 5.10 Å². The molecule has 1 aromatic heterocycles. The topological polar surface area (TPSA) is 34.9 Å². The Morgan fingerprint density at radius 2 is 2.31 bits per heavy atom. The predicted molar refractivity (Wildman–Crippen MR) is 43.0 cm³/mol. The lowest BCUT2D eigenvalue weighted by atomic mass is 10.2. The number of rotatable bonds is 3. The Bertz CT molecular complexity index is 320. The van der Waals surface area contributed by atoms with Gasteiger partial charge in [-0.1, -0.05) is 0 Å². The molecule has 1 aromatic rings. The minimum Gasteiger partial charge on any atom is -0.288 e.